The Morgan fingerprint density at radius 1 is 1.56 bits per heavy atom. The van der Waals surface area contributed by atoms with Crippen molar-refractivity contribution in [3.05, 3.63) is 0 Å². The number of alkyl halides is 1. The standard InChI is InChI=1S/C6H12FN.ClH/c1-5-2-3-8-4-6(5)7;/h5-6,8H,2-4H2,1H3;1H/t5-,6+;/m0./s1. The predicted molar refractivity (Wildman–Crippen MR) is 38.8 cm³/mol. The van der Waals surface area contributed by atoms with E-state index in [1.54, 1.807) is 0 Å². The van der Waals surface area contributed by atoms with Crippen LogP contribution in [0, 0.1) is 5.92 Å². The molecule has 0 bridgehead atoms. The van der Waals surface area contributed by atoms with Crippen molar-refractivity contribution in [2.75, 3.05) is 13.1 Å². The van der Waals surface area contributed by atoms with Gasteiger partial charge >= 0.3 is 0 Å². The van der Waals surface area contributed by atoms with Gasteiger partial charge in [-0.2, -0.15) is 0 Å². The van der Waals surface area contributed by atoms with Crippen LogP contribution in [0.15, 0.2) is 0 Å². The lowest BCUT2D eigenvalue weighted by atomic mass is 9.99. The molecule has 0 amide bonds. The normalized spacial score (nSPS) is 35.3. The smallest absolute Gasteiger partial charge is 0.115 e. The highest BCUT2D eigenvalue weighted by atomic mass is 35.5. The van der Waals surface area contributed by atoms with Gasteiger partial charge in [0.2, 0.25) is 0 Å². The molecule has 1 fully saturated rings. The number of hydrogen-bond acceptors (Lipinski definition) is 1. The zero-order valence-corrected chi connectivity index (χ0v) is 6.38. The van der Waals surface area contributed by atoms with Crippen LogP contribution in [0.5, 0.6) is 0 Å². The third-order valence-corrected chi connectivity index (χ3v) is 1.73. The van der Waals surface area contributed by atoms with E-state index in [4.69, 9.17) is 0 Å². The number of rotatable bonds is 0. The Bertz CT molecular complexity index is 69.5. The summed E-state index contributed by atoms with van der Waals surface area (Å²) in [4.78, 5) is 0. The molecule has 0 aromatic carbocycles. The molecule has 0 aromatic rings. The Kier molecular flexibility index (Phi) is 4.15. The fourth-order valence-corrected chi connectivity index (χ4v) is 0.952. The van der Waals surface area contributed by atoms with E-state index in [9.17, 15) is 4.39 Å². The Morgan fingerprint density at radius 3 is 2.56 bits per heavy atom. The highest BCUT2D eigenvalue weighted by Gasteiger charge is 2.18. The number of nitrogens with one attached hydrogen (secondary N) is 1. The van der Waals surface area contributed by atoms with Gasteiger partial charge in [-0.25, -0.2) is 4.39 Å². The highest BCUT2D eigenvalue weighted by Crippen LogP contribution is 2.13. The first-order chi connectivity index (χ1) is 3.80. The third kappa shape index (κ3) is 2.50. The molecule has 1 nitrogen and oxygen atoms in total. The van der Waals surface area contributed by atoms with E-state index in [2.05, 4.69) is 5.32 Å². The summed E-state index contributed by atoms with van der Waals surface area (Å²) in [5, 5.41) is 2.99. The second kappa shape index (κ2) is 4.07. The molecule has 1 N–H and O–H groups in total. The van der Waals surface area contributed by atoms with Gasteiger partial charge in [0.25, 0.3) is 0 Å². The molecule has 3 heteroatoms. The molecule has 1 rings (SSSR count). The second-order valence-corrected chi connectivity index (χ2v) is 2.49. The van der Waals surface area contributed by atoms with Crippen LogP contribution in [0.2, 0.25) is 0 Å². The summed E-state index contributed by atoms with van der Waals surface area (Å²) in [6, 6.07) is 0. The van der Waals surface area contributed by atoms with Gasteiger partial charge in [-0.15, -0.1) is 12.4 Å². The first kappa shape index (κ1) is 9.18. The van der Waals surface area contributed by atoms with E-state index < -0.39 is 6.17 Å². The van der Waals surface area contributed by atoms with E-state index in [-0.39, 0.29) is 18.3 Å². The third-order valence-electron chi connectivity index (χ3n) is 1.73. The lowest BCUT2D eigenvalue weighted by molar-refractivity contribution is 0.194. The predicted octanol–water partition coefficient (Wildman–Crippen LogP) is 1.38. The summed E-state index contributed by atoms with van der Waals surface area (Å²) in [5.74, 6) is 0.274. The Labute approximate surface area is 61.4 Å². The molecule has 1 aliphatic rings. The maximum atomic E-state index is 12.5. The van der Waals surface area contributed by atoms with Gasteiger partial charge in [-0.05, 0) is 18.9 Å². The van der Waals surface area contributed by atoms with E-state index in [0.717, 1.165) is 13.0 Å². The fourth-order valence-electron chi connectivity index (χ4n) is 0.952. The molecule has 0 saturated carbocycles. The molecule has 56 valence electrons. The fraction of sp³-hybridized carbons (Fsp3) is 1.00. The van der Waals surface area contributed by atoms with Gasteiger partial charge in [-0.1, -0.05) is 6.92 Å². The van der Waals surface area contributed by atoms with Crippen molar-refractivity contribution in [1.29, 1.82) is 0 Å². The molecule has 0 unspecified atom stereocenters. The van der Waals surface area contributed by atoms with Gasteiger partial charge < -0.3 is 5.32 Å². The van der Waals surface area contributed by atoms with E-state index >= 15 is 0 Å². The number of hydrogen-bond donors (Lipinski definition) is 1. The molecule has 1 saturated heterocycles. The summed E-state index contributed by atoms with van der Waals surface area (Å²) in [6.45, 7) is 3.51. The largest absolute Gasteiger partial charge is 0.314 e. The summed E-state index contributed by atoms with van der Waals surface area (Å²) >= 11 is 0. The van der Waals surface area contributed by atoms with Crippen molar-refractivity contribution in [2.45, 2.75) is 19.5 Å². The molecular formula is C6H13ClFN. The highest BCUT2D eigenvalue weighted by molar-refractivity contribution is 5.85. The van der Waals surface area contributed by atoms with Crippen LogP contribution in [0.4, 0.5) is 4.39 Å². The second-order valence-electron chi connectivity index (χ2n) is 2.49. The molecule has 0 aromatic heterocycles. The molecule has 0 aliphatic carbocycles. The number of piperidine rings is 1. The molecule has 9 heavy (non-hydrogen) atoms. The minimum absolute atomic E-state index is 0. The zero-order chi connectivity index (χ0) is 5.98. The van der Waals surface area contributed by atoms with Gasteiger partial charge in [0.15, 0.2) is 0 Å². The zero-order valence-electron chi connectivity index (χ0n) is 5.56. The van der Waals surface area contributed by atoms with Crippen LogP contribution >= 0.6 is 12.4 Å². The SMILES string of the molecule is C[C@H]1CCNC[C@H]1F.Cl. The molecule has 1 aliphatic heterocycles. The van der Waals surface area contributed by atoms with E-state index in [1.165, 1.54) is 0 Å². The maximum absolute atomic E-state index is 12.5. The summed E-state index contributed by atoms with van der Waals surface area (Å²) in [6.07, 6.45) is 0.380. The minimum Gasteiger partial charge on any atom is -0.314 e. The average molecular weight is 154 g/mol. The summed E-state index contributed by atoms with van der Waals surface area (Å²) < 4.78 is 12.5. The van der Waals surface area contributed by atoms with Crippen molar-refractivity contribution in [3.63, 3.8) is 0 Å². The monoisotopic (exact) mass is 153 g/mol. The summed E-state index contributed by atoms with van der Waals surface area (Å²) in [5.41, 5.74) is 0. The first-order valence-corrected chi connectivity index (χ1v) is 3.15. The Hall–Kier alpha value is 0.180. The lowest BCUT2D eigenvalue weighted by Gasteiger charge is -2.22. The van der Waals surface area contributed by atoms with Gasteiger partial charge in [0, 0.05) is 6.54 Å². The van der Waals surface area contributed by atoms with Crippen molar-refractivity contribution in [2.24, 2.45) is 5.92 Å². The topological polar surface area (TPSA) is 12.0 Å². The lowest BCUT2D eigenvalue weighted by Crippen LogP contribution is -2.36. The van der Waals surface area contributed by atoms with Crippen LogP contribution in [-0.2, 0) is 0 Å². The van der Waals surface area contributed by atoms with Crippen LogP contribution in [0.25, 0.3) is 0 Å². The number of halogens is 2. The quantitative estimate of drug-likeness (QED) is 0.555. The summed E-state index contributed by atoms with van der Waals surface area (Å²) in [7, 11) is 0. The minimum atomic E-state index is -0.608. The average Bonchev–Trinajstić information content (AvgIpc) is 1.77. The molecule has 0 spiro atoms. The van der Waals surface area contributed by atoms with Crippen LogP contribution < -0.4 is 5.32 Å². The molecule has 2 atom stereocenters. The van der Waals surface area contributed by atoms with Crippen LogP contribution in [0.1, 0.15) is 13.3 Å². The van der Waals surface area contributed by atoms with Crippen molar-refractivity contribution < 1.29 is 4.39 Å². The van der Waals surface area contributed by atoms with Gasteiger partial charge in [-0.3, -0.25) is 0 Å². The van der Waals surface area contributed by atoms with Crippen LogP contribution in [0.3, 0.4) is 0 Å². The maximum Gasteiger partial charge on any atom is 0.115 e. The molecular weight excluding hydrogens is 141 g/mol. The molecule has 0 radical (unpaired) electrons. The van der Waals surface area contributed by atoms with Crippen LogP contribution in [-0.4, -0.2) is 19.3 Å². The Morgan fingerprint density at radius 2 is 2.22 bits per heavy atom. The van der Waals surface area contributed by atoms with Crippen molar-refractivity contribution in [1.82, 2.24) is 5.32 Å². The van der Waals surface area contributed by atoms with Gasteiger partial charge in [0.05, 0.1) is 0 Å². The van der Waals surface area contributed by atoms with Crippen molar-refractivity contribution in [3.8, 4) is 0 Å². The van der Waals surface area contributed by atoms with E-state index in [1.807, 2.05) is 6.92 Å². The van der Waals surface area contributed by atoms with Crippen molar-refractivity contribution >= 4 is 12.4 Å². The Balaban J connectivity index is 0.000000640. The first-order valence-electron chi connectivity index (χ1n) is 3.15. The molecule has 1 heterocycles. The van der Waals surface area contributed by atoms with Gasteiger partial charge in [0.1, 0.15) is 6.17 Å². The van der Waals surface area contributed by atoms with E-state index in [0.29, 0.717) is 6.54 Å².